The van der Waals surface area contributed by atoms with Crippen molar-refractivity contribution in [3.63, 3.8) is 0 Å². The number of rotatable bonds is 9. The van der Waals surface area contributed by atoms with Gasteiger partial charge in [-0.05, 0) is 25.8 Å². The first-order valence-corrected chi connectivity index (χ1v) is 7.68. The minimum atomic E-state index is -0.740. The third-order valence-electron chi connectivity index (χ3n) is 3.20. The van der Waals surface area contributed by atoms with Gasteiger partial charge in [-0.25, -0.2) is 4.99 Å². The average Bonchev–Trinajstić information content (AvgIpc) is 2.57. The Balaban J connectivity index is 2.40. The summed E-state index contributed by atoms with van der Waals surface area (Å²) in [6.45, 7) is 6.38. The van der Waals surface area contributed by atoms with Gasteiger partial charge in [0.1, 0.15) is 11.5 Å². The number of hydrogen-bond donors (Lipinski definition) is 5. The molecule has 0 atom stereocenters. The van der Waals surface area contributed by atoms with E-state index in [1.54, 1.807) is 19.2 Å². The number of aromatic hydroxyl groups is 1. The van der Waals surface area contributed by atoms with Crippen molar-refractivity contribution in [2.24, 2.45) is 10.7 Å². The molecule has 0 saturated carbocycles. The highest BCUT2D eigenvalue weighted by atomic mass is 16.5. The van der Waals surface area contributed by atoms with Crippen molar-refractivity contribution < 1.29 is 15.1 Å². The fourth-order valence-corrected chi connectivity index (χ4v) is 1.92. The zero-order valence-electron chi connectivity index (χ0n) is 14.0. The zero-order valence-corrected chi connectivity index (χ0v) is 14.0. The highest BCUT2D eigenvalue weighted by molar-refractivity contribution is 5.92. The van der Waals surface area contributed by atoms with E-state index in [9.17, 15) is 14.8 Å². The number of nitrogens with zero attached hydrogens (tertiary/aromatic N) is 2. The summed E-state index contributed by atoms with van der Waals surface area (Å²) in [5.74, 6) is -0.900. The van der Waals surface area contributed by atoms with Crippen molar-refractivity contribution in [3.8, 4) is 5.75 Å². The average molecular weight is 349 g/mol. The number of hydrogen-bond acceptors (Lipinski definition) is 7. The molecule has 9 heteroatoms. The van der Waals surface area contributed by atoms with E-state index in [4.69, 9.17) is 10.8 Å². The summed E-state index contributed by atoms with van der Waals surface area (Å²) >= 11 is 0. The Kier molecular flexibility index (Phi) is 7.77. The summed E-state index contributed by atoms with van der Waals surface area (Å²) in [4.78, 5) is 27.2. The number of allylic oxidation sites excluding steroid dienone is 1. The fourth-order valence-electron chi connectivity index (χ4n) is 1.92. The van der Waals surface area contributed by atoms with Crippen molar-refractivity contribution >= 4 is 12.1 Å². The highest BCUT2D eigenvalue weighted by Crippen LogP contribution is 2.03. The van der Waals surface area contributed by atoms with Gasteiger partial charge in [0.05, 0.1) is 11.9 Å². The van der Waals surface area contributed by atoms with Crippen molar-refractivity contribution in [2.75, 3.05) is 13.1 Å². The molecule has 25 heavy (non-hydrogen) atoms. The number of aliphatic imine (C=N–C) groups is 1. The van der Waals surface area contributed by atoms with Crippen LogP contribution in [-0.2, 0) is 0 Å². The number of pyridine rings is 1. The normalized spacial score (nSPS) is 11.9. The van der Waals surface area contributed by atoms with E-state index in [2.05, 4.69) is 22.2 Å². The van der Waals surface area contributed by atoms with Crippen LogP contribution >= 0.6 is 0 Å². The number of unbranched alkanes of at least 4 members (excludes halogenated alkanes) is 1. The van der Waals surface area contributed by atoms with E-state index < -0.39 is 17.1 Å². The van der Waals surface area contributed by atoms with Gasteiger partial charge in [0.25, 0.3) is 5.91 Å². The number of amides is 1. The molecule has 0 aromatic carbocycles. The summed E-state index contributed by atoms with van der Waals surface area (Å²) in [5, 5.41) is 24.4. The maximum absolute atomic E-state index is 11.9. The summed E-state index contributed by atoms with van der Waals surface area (Å²) in [5.41, 5.74) is 5.39. The lowest BCUT2D eigenvalue weighted by atomic mass is 10.2. The second kappa shape index (κ2) is 9.81. The fraction of sp³-hybridized carbons (Fsp3) is 0.312. The van der Waals surface area contributed by atoms with Gasteiger partial charge in [-0.1, -0.05) is 6.58 Å². The van der Waals surface area contributed by atoms with Crippen LogP contribution in [-0.4, -0.2) is 40.3 Å². The van der Waals surface area contributed by atoms with E-state index in [-0.39, 0.29) is 5.69 Å². The van der Waals surface area contributed by atoms with E-state index in [0.717, 1.165) is 18.7 Å². The molecule has 0 aliphatic rings. The lowest BCUT2D eigenvalue weighted by Gasteiger charge is -2.10. The molecule has 9 nitrogen and oxygen atoms in total. The highest BCUT2D eigenvalue weighted by Gasteiger charge is 2.12. The van der Waals surface area contributed by atoms with Gasteiger partial charge >= 0.3 is 0 Å². The third-order valence-corrected chi connectivity index (χ3v) is 3.20. The number of carbonyl (C=O) groups excluding carboxylic acids is 1. The SMILES string of the molecule is C=C/C(NCCCCNC(=O)c1cc(=O)c(O)cn1O)=C(/N)N=CC. The van der Waals surface area contributed by atoms with Crippen LogP contribution < -0.4 is 21.8 Å². The Bertz CT molecular complexity index is 737. The molecule has 0 unspecified atom stereocenters. The Morgan fingerprint density at radius 2 is 2.04 bits per heavy atom. The molecule has 1 rings (SSSR count). The Hall–Kier alpha value is -3.23. The largest absolute Gasteiger partial charge is 0.503 e. The number of nitrogens with two attached hydrogens (primary N) is 1. The summed E-state index contributed by atoms with van der Waals surface area (Å²) < 4.78 is 0.409. The molecule has 1 amide bonds. The van der Waals surface area contributed by atoms with Gasteiger partial charge < -0.3 is 26.7 Å². The van der Waals surface area contributed by atoms with Crippen molar-refractivity contribution in [1.82, 2.24) is 15.4 Å². The van der Waals surface area contributed by atoms with E-state index >= 15 is 0 Å². The van der Waals surface area contributed by atoms with Crippen molar-refractivity contribution in [3.05, 3.63) is 52.4 Å². The molecule has 0 fully saturated rings. The standard InChI is InChI=1S/C16H23N5O4/c1-3-11(15(17)18-4-2)19-7-5-6-8-20-16(24)12-9-13(22)14(23)10-21(12)25/h3-4,9-10,19,23,25H,1,5-8,17H2,2H3,(H,20,24)/b15-11+,18-4?. The van der Waals surface area contributed by atoms with Gasteiger partial charge in [-0.2, -0.15) is 4.73 Å². The molecule has 0 aliphatic heterocycles. The van der Waals surface area contributed by atoms with Crippen LogP contribution in [0.2, 0.25) is 0 Å². The minimum Gasteiger partial charge on any atom is -0.503 e. The first-order valence-electron chi connectivity index (χ1n) is 7.68. The second-order valence-corrected chi connectivity index (χ2v) is 5.03. The summed E-state index contributed by atoms with van der Waals surface area (Å²) in [6, 6.07) is 0.865. The summed E-state index contributed by atoms with van der Waals surface area (Å²) in [7, 11) is 0. The number of nitrogens with one attached hydrogen (secondary N) is 2. The summed E-state index contributed by atoms with van der Waals surface area (Å²) in [6.07, 6.45) is 5.33. The van der Waals surface area contributed by atoms with Crippen LogP contribution in [0.1, 0.15) is 30.3 Å². The maximum atomic E-state index is 11.9. The molecule has 6 N–H and O–H groups in total. The van der Waals surface area contributed by atoms with Crippen LogP contribution in [0.15, 0.2) is 46.2 Å². The van der Waals surface area contributed by atoms with E-state index in [0.29, 0.717) is 35.8 Å². The number of carbonyl (C=O) groups is 1. The van der Waals surface area contributed by atoms with Gasteiger partial charge in [0, 0.05) is 25.4 Å². The molecule has 1 heterocycles. The van der Waals surface area contributed by atoms with Gasteiger partial charge in [-0.3, -0.25) is 9.59 Å². The first-order chi connectivity index (χ1) is 11.9. The monoisotopic (exact) mass is 349 g/mol. The second-order valence-electron chi connectivity index (χ2n) is 5.03. The predicted molar refractivity (Wildman–Crippen MR) is 94.7 cm³/mol. The van der Waals surface area contributed by atoms with Gasteiger partial charge in [0.2, 0.25) is 5.43 Å². The first kappa shape index (κ1) is 19.8. The van der Waals surface area contributed by atoms with Gasteiger partial charge in [-0.15, -0.1) is 0 Å². The minimum absolute atomic E-state index is 0.247. The van der Waals surface area contributed by atoms with Crippen LogP contribution in [0.5, 0.6) is 5.75 Å². The molecule has 0 bridgehead atoms. The molecule has 0 saturated heterocycles. The Labute approximate surface area is 145 Å². The smallest absolute Gasteiger partial charge is 0.271 e. The lowest BCUT2D eigenvalue weighted by molar-refractivity contribution is 0.0896. The third kappa shape index (κ3) is 6.05. The lowest BCUT2D eigenvalue weighted by Crippen LogP contribution is -2.29. The predicted octanol–water partition coefficient (Wildman–Crippen LogP) is 0.295. The van der Waals surface area contributed by atoms with Crippen LogP contribution in [0.25, 0.3) is 0 Å². The topological polar surface area (TPSA) is 142 Å². The zero-order chi connectivity index (χ0) is 18.8. The molecule has 1 aromatic rings. The van der Waals surface area contributed by atoms with Crippen molar-refractivity contribution in [1.29, 1.82) is 0 Å². The quantitative estimate of drug-likeness (QED) is 0.188. The molecule has 0 spiro atoms. The molecule has 0 radical (unpaired) electrons. The molecule has 136 valence electrons. The Morgan fingerprint density at radius 1 is 1.40 bits per heavy atom. The Morgan fingerprint density at radius 3 is 2.64 bits per heavy atom. The van der Waals surface area contributed by atoms with E-state index in [1.165, 1.54) is 0 Å². The maximum Gasteiger partial charge on any atom is 0.271 e. The molecular weight excluding hydrogens is 326 g/mol. The molecule has 1 aromatic heterocycles. The van der Waals surface area contributed by atoms with Crippen molar-refractivity contribution in [2.45, 2.75) is 19.8 Å². The molecular formula is C16H23N5O4. The molecule has 0 aliphatic carbocycles. The van der Waals surface area contributed by atoms with Gasteiger partial charge in [0.15, 0.2) is 5.75 Å². The van der Waals surface area contributed by atoms with Crippen LogP contribution in [0.3, 0.4) is 0 Å². The van der Waals surface area contributed by atoms with E-state index in [1.807, 2.05) is 0 Å². The van der Waals surface area contributed by atoms with Crippen LogP contribution in [0, 0.1) is 0 Å². The number of aromatic nitrogens is 1. The van der Waals surface area contributed by atoms with Crippen LogP contribution in [0.4, 0.5) is 0 Å².